The fourth-order valence-corrected chi connectivity index (χ4v) is 2.68. The Morgan fingerprint density at radius 2 is 1.62 bits per heavy atom. The van der Waals surface area contributed by atoms with E-state index in [1.54, 1.807) is 6.92 Å². The average molecular weight is 282 g/mol. The van der Waals surface area contributed by atoms with Gasteiger partial charge in [-0.3, -0.25) is 4.79 Å². The van der Waals surface area contributed by atoms with Crippen LogP contribution in [0.2, 0.25) is 0 Å². The van der Waals surface area contributed by atoms with Crippen LogP contribution in [0.25, 0.3) is 0 Å². The second kappa shape index (κ2) is 7.04. The highest BCUT2D eigenvalue weighted by atomic mass is 16.2. The van der Waals surface area contributed by atoms with Crippen molar-refractivity contribution in [3.8, 4) is 0 Å². The average Bonchev–Trinajstić information content (AvgIpc) is 2.89. The summed E-state index contributed by atoms with van der Waals surface area (Å²) in [5, 5.41) is 2.75. The van der Waals surface area contributed by atoms with Gasteiger partial charge in [0.1, 0.15) is 0 Å². The summed E-state index contributed by atoms with van der Waals surface area (Å²) in [4.78, 5) is 13.6. The monoisotopic (exact) mass is 282 g/mol. The van der Waals surface area contributed by atoms with E-state index in [0.29, 0.717) is 5.92 Å². The third-order valence-electron chi connectivity index (χ3n) is 3.55. The van der Waals surface area contributed by atoms with Gasteiger partial charge in [-0.1, -0.05) is 48.5 Å². The molecule has 3 rings (SSSR count). The van der Waals surface area contributed by atoms with E-state index in [-0.39, 0.29) is 5.91 Å². The van der Waals surface area contributed by atoms with Crippen LogP contribution in [-0.4, -0.2) is 26.5 Å². The minimum absolute atomic E-state index is 0.112. The predicted molar refractivity (Wildman–Crippen MR) is 87.7 cm³/mol. The quantitative estimate of drug-likeness (QED) is 0.872. The summed E-state index contributed by atoms with van der Waals surface area (Å²) in [6, 6.07) is 18.6. The van der Waals surface area contributed by atoms with Gasteiger partial charge in [0.2, 0.25) is 5.91 Å². The number of carbonyl (C=O) groups is 1. The maximum Gasteiger partial charge on any atom is 0.223 e. The Morgan fingerprint density at radius 3 is 2.24 bits per heavy atom. The van der Waals surface area contributed by atoms with Crippen molar-refractivity contribution in [2.24, 2.45) is 0 Å². The van der Waals surface area contributed by atoms with Crippen LogP contribution in [0.1, 0.15) is 24.0 Å². The molecule has 1 amide bonds. The van der Waals surface area contributed by atoms with Gasteiger partial charge in [-0.25, -0.2) is 0 Å². The Balaban J connectivity index is 0.000000497. The molecule has 1 atom stereocenters. The summed E-state index contributed by atoms with van der Waals surface area (Å²) < 4.78 is 0. The maximum absolute atomic E-state index is 11.7. The lowest BCUT2D eigenvalue weighted by Gasteiger charge is -2.15. The van der Waals surface area contributed by atoms with Gasteiger partial charge in [0.25, 0.3) is 0 Å². The second-order valence-corrected chi connectivity index (χ2v) is 5.15. The molecular weight excluding hydrogens is 260 g/mol. The number of fused-ring (bicyclic) bond motifs is 1. The molecule has 0 spiro atoms. The molecule has 0 fully saturated rings. The summed E-state index contributed by atoms with van der Waals surface area (Å²) in [6.45, 7) is 2.38. The number of benzene rings is 2. The van der Waals surface area contributed by atoms with E-state index in [1.165, 1.54) is 11.1 Å². The summed E-state index contributed by atoms with van der Waals surface area (Å²) in [5.74, 6) is 0.409. The third kappa shape index (κ3) is 3.31. The van der Waals surface area contributed by atoms with Crippen molar-refractivity contribution < 1.29 is 4.79 Å². The zero-order valence-corrected chi connectivity index (χ0v) is 12.8. The first-order chi connectivity index (χ1) is 10.2. The number of anilines is 1. The van der Waals surface area contributed by atoms with Gasteiger partial charge < -0.3 is 10.2 Å². The molecule has 2 aromatic rings. The highest BCUT2D eigenvalue weighted by molar-refractivity contribution is 5.94. The molecular formula is C18H22N2O. The van der Waals surface area contributed by atoms with E-state index in [2.05, 4.69) is 23.5 Å². The molecule has 2 aromatic carbocycles. The molecule has 0 bridgehead atoms. The topological polar surface area (TPSA) is 32.3 Å². The lowest BCUT2D eigenvalue weighted by Crippen LogP contribution is -2.27. The maximum atomic E-state index is 11.7. The molecule has 0 saturated heterocycles. The van der Waals surface area contributed by atoms with Gasteiger partial charge in [0, 0.05) is 25.1 Å². The molecule has 0 aromatic heterocycles. The molecule has 3 heteroatoms. The molecule has 3 nitrogen and oxygen atoms in total. The van der Waals surface area contributed by atoms with Crippen molar-refractivity contribution in [2.45, 2.75) is 12.8 Å². The first kappa shape index (κ1) is 15.3. The Bertz CT molecular complexity index is 595. The SMILES string of the molecule is CC(=O)N1CC(c2ccccc2)c2ccccc21.CNC. The van der Waals surface area contributed by atoms with E-state index in [9.17, 15) is 4.79 Å². The van der Waals surface area contributed by atoms with Crippen LogP contribution in [0.3, 0.4) is 0 Å². The number of amides is 1. The van der Waals surface area contributed by atoms with Gasteiger partial charge >= 0.3 is 0 Å². The fourth-order valence-electron chi connectivity index (χ4n) is 2.68. The van der Waals surface area contributed by atoms with E-state index >= 15 is 0 Å². The van der Waals surface area contributed by atoms with E-state index in [4.69, 9.17) is 0 Å². The zero-order chi connectivity index (χ0) is 15.2. The number of nitrogens with one attached hydrogen (secondary N) is 1. The smallest absolute Gasteiger partial charge is 0.223 e. The van der Waals surface area contributed by atoms with E-state index in [1.807, 2.05) is 55.4 Å². The van der Waals surface area contributed by atoms with Crippen molar-refractivity contribution >= 4 is 11.6 Å². The minimum atomic E-state index is 0.112. The highest BCUT2D eigenvalue weighted by Gasteiger charge is 2.31. The molecule has 1 aliphatic heterocycles. The summed E-state index contributed by atoms with van der Waals surface area (Å²) in [6.07, 6.45) is 0. The van der Waals surface area contributed by atoms with Crippen molar-refractivity contribution in [3.05, 3.63) is 65.7 Å². The predicted octanol–water partition coefficient (Wildman–Crippen LogP) is 3.02. The highest BCUT2D eigenvalue weighted by Crippen LogP contribution is 2.39. The number of hydrogen-bond donors (Lipinski definition) is 1. The molecule has 1 heterocycles. The summed E-state index contributed by atoms with van der Waals surface area (Å²) >= 11 is 0. The minimum Gasteiger partial charge on any atom is -0.323 e. The van der Waals surface area contributed by atoms with Crippen LogP contribution in [0.4, 0.5) is 5.69 Å². The lowest BCUT2D eigenvalue weighted by atomic mass is 9.93. The Hall–Kier alpha value is -2.13. The molecule has 1 aliphatic rings. The Morgan fingerprint density at radius 1 is 1.05 bits per heavy atom. The van der Waals surface area contributed by atoms with Crippen LogP contribution in [-0.2, 0) is 4.79 Å². The van der Waals surface area contributed by atoms with Gasteiger partial charge in [0.15, 0.2) is 0 Å². The Kier molecular flexibility index (Phi) is 5.12. The van der Waals surface area contributed by atoms with Crippen LogP contribution in [0.5, 0.6) is 0 Å². The van der Waals surface area contributed by atoms with Crippen LogP contribution >= 0.6 is 0 Å². The largest absolute Gasteiger partial charge is 0.323 e. The summed E-state index contributed by atoms with van der Waals surface area (Å²) in [7, 11) is 3.75. The van der Waals surface area contributed by atoms with Crippen molar-refractivity contribution in [3.63, 3.8) is 0 Å². The number of rotatable bonds is 1. The van der Waals surface area contributed by atoms with E-state index < -0.39 is 0 Å². The first-order valence-corrected chi connectivity index (χ1v) is 7.19. The lowest BCUT2D eigenvalue weighted by molar-refractivity contribution is -0.116. The number of hydrogen-bond acceptors (Lipinski definition) is 2. The first-order valence-electron chi connectivity index (χ1n) is 7.19. The normalized spacial score (nSPS) is 16.0. The van der Waals surface area contributed by atoms with Crippen LogP contribution in [0, 0.1) is 0 Å². The standard InChI is InChI=1S/C16H15NO.C2H7N/c1-12(18)17-11-15(13-7-3-2-4-8-13)14-9-5-6-10-16(14)17;1-3-2/h2-10,15H,11H2,1H3;3H,1-2H3. The molecule has 0 saturated carbocycles. The van der Waals surface area contributed by atoms with Gasteiger partial charge in [-0.05, 0) is 31.3 Å². The van der Waals surface area contributed by atoms with Gasteiger partial charge in [-0.2, -0.15) is 0 Å². The van der Waals surface area contributed by atoms with Crippen molar-refractivity contribution in [2.75, 3.05) is 25.5 Å². The molecule has 1 N–H and O–H groups in total. The second-order valence-electron chi connectivity index (χ2n) is 5.15. The number of nitrogens with zero attached hydrogens (tertiary/aromatic N) is 1. The molecule has 110 valence electrons. The number of para-hydroxylation sites is 1. The number of carbonyl (C=O) groups excluding carboxylic acids is 1. The van der Waals surface area contributed by atoms with Crippen LogP contribution in [0.15, 0.2) is 54.6 Å². The summed E-state index contributed by atoms with van der Waals surface area (Å²) in [5.41, 5.74) is 3.58. The van der Waals surface area contributed by atoms with Gasteiger partial charge in [-0.15, -0.1) is 0 Å². The van der Waals surface area contributed by atoms with Crippen molar-refractivity contribution in [1.29, 1.82) is 0 Å². The molecule has 21 heavy (non-hydrogen) atoms. The van der Waals surface area contributed by atoms with Crippen molar-refractivity contribution in [1.82, 2.24) is 5.32 Å². The Labute approximate surface area is 126 Å². The van der Waals surface area contributed by atoms with Gasteiger partial charge in [0.05, 0.1) is 0 Å². The molecule has 1 unspecified atom stereocenters. The zero-order valence-electron chi connectivity index (χ0n) is 12.8. The fraction of sp³-hybridized carbons (Fsp3) is 0.278. The van der Waals surface area contributed by atoms with Crippen LogP contribution < -0.4 is 10.2 Å². The third-order valence-corrected chi connectivity index (χ3v) is 3.55. The van der Waals surface area contributed by atoms with E-state index in [0.717, 1.165) is 12.2 Å². The molecule has 0 aliphatic carbocycles. The molecule has 0 radical (unpaired) electrons.